The van der Waals surface area contributed by atoms with Gasteiger partial charge in [0, 0.05) is 16.7 Å². The van der Waals surface area contributed by atoms with Crippen LogP contribution in [0.25, 0.3) is 0 Å². The molecule has 2 nitrogen and oxygen atoms in total. The first kappa shape index (κ1) is 10.2. The van der Waals surface area contributed by atoms with Gasteiger partial charge in [-0.05, 0) is 17.8 Å². The number of aromatic amines is 1. The first-order valence-electron chi connectivity index (χ1n) is 5.42. The smallest absolute Gasteiger partial charge is 0.281 e. The molecule has 3 atom stereocenters. The van der Waals surface area contributed by atoms with E-state index in [4.69, 9.17) is 0 Å². The van der Waals surface area contributed by atoms with Crippen LogP contribution in [0.4, 0.5) is 13.2 Å². The van der Waals surface area contributed by atoms with Gasteiger partial charge in [-0.1, -0.05) is 20.8 Å². The molecule has 1 N–H and O–H groups in total. The van der Waals surface area contributed by atoms with Crippen molar-refractivity contribution in [1.29, 1.82) is 0 Å². The molecule has 0 aliphatic heterocycles. The second-order valence-corrected chi connectivity index (χ2v) is 5.49. The second kappa shape index (κ2) is 2.46. The van der Waals surface area contributed by atoms with Gasteiger partial charge in [-0.15, -0.1) is 0 Å². The van der Waals surface area contributed by atoms with Crippen LogP contribution >= 0.6 is 0 Å². The zero-order valence-corrected chi connectivity index (χ0v) is 9.31. The molecule has 1 heterocycles. The molecule has 5 heteroatoms. The van der Waals surface area contributed by atoms with Crippen molar-refractivity contribution in [2.45, 2.75) is 38.3 Å². The lowest BCUT2D eigenvalue weighted by Gasteiger charge is -2.20. The predicted octanol–water partition coefficient (Wildman–Crippen LogP) is 3.07. The molecule has 0 saturated heterocycles. The fraction of sp³-hybridized carbons (Fsp3) is 0.727. The minimum absolute atomic E-state index is 0.0559. The lowest BCUT2D eigenvalue weighted by atomic mass is 9.84. The van der Waals surface area contributed by atoms with Crippen LogP contribution in [0.5, 0.6) is 0 Å². The van der Waals surface area contributed by atoms with Gasteiger partial charge in [-0.25, -0.2) is 0 Å². The molecule has 2 aliphatic rings. The number of halogens is 3. The van der Waals surface area contributed by atoms with Gasteiger partial charge >= 0.3 is 6.18 Å². The van der Waals surface area contributed by atoms with Crippen LogP contribution < -0.4 is 0 Å². The first-order chi connectivity index (χ1) is 7.26. The van der Waals surface area contributed by atoms with Crippen molar-refractivity contribution >= 4 is 0 Å². The highest BCUT2D eigenvalue weighted by molar-refractivity contribution is 5.49. The zero-order chi connectivity index (χ0) is 11.9. The summed E-state index contributed by atoms with van der Waals surface area (Å²) in [4.78, 5) is 0. The largest absolute Gasteiger partial charge is 0.435 e. The van der Waals surface area contributed by atoms with E-state index in [9.17, 15) is 13.2 Å². The van der Waals surface area contributed by atoms with Crippen LogP contribution in [0.2, 0.25) is 0 Å². The molecule has 88 valence electrons. The Morgan fingerprint density at radius 3 is 2.50 bits per heavy atom. The number of hydrogen-bond acceptors (Lipinski definition) is 1. The Morgan fingerprint density at radius 1 is 1.31 bits per heavy atom. The van der Waals surface area contributed by atoms with Crippen LogP contribution in [-0.2, 0) is 11.6 Å². The Kier molecular flexibility index (Phi) is 1.57. The van der Waals surface area contributed by atoms with Crippen molar-refractivity contribution in [3.63, 3.8) is 0 Å². The first-order valence-corrected chi connectivity index (χ1v) is 5.42. The van der Waals surface area contributed by atoms with Crippen LogP contribution in [0.15, 0.2) is 0 Å². The highest BCUT2D eigenvalue weighted by Crippen LogP contribution is 2.70. The minimum atomic E-state index is -4.34. The summed E-state index contributed by atoms with van der Waals surface area (Å²) in [6, 6.07) is 0. The average molecular weight is 230 g/mol. The van der Waals surface area contributed by atoms with E-state index >= 15 is 0 Å². The average Bonchev–Trinajstić information content (AvgIpc) is 2.57. The van der Waals surface area contributed by atoms with E-state index < -0.39 is 11.9 Å². The molecule has 0 bridgehead atoms. The SMILES string of the molecule is CC1C2c3c(C(F)(F)F)n[nH]c3C(C)(C)C12. The minimum Gasteiger partial charge on any atom is -0.281 e. The van der Waals surface area contributed by atoms with Crippen molar-refractivity contribution < 1.29 is 13.2 Å². The van der Waals surface area contributed by atoms with Gasteiger partial charge in [0.2, 0.25) is 0 Å². The monoisotopic (exact) mass is 230 g/mol. The summed E-state index contributed by atoms with van der Waals surface area (Å²) in [5.41, 5.74) is 0.214. The van der Waals surface area contributed by atoms with Gasteiger partial charge in [0.15, 0.2) is 5.69 Å². The van der Waals surface area contributed by atoms with Crippen LogP contribution in [0, 0.1) is 11.8 Å². The third-order valence-electron chi connectivity index (χ3n) is 4.26. The summed E-state index contributed by atoms with van der Waals surface area (Å²) in [5, 5.41) is 6.06. The summed E-state index contributed by atoms with van der Waals surface area (Å²) in [5.74, 6) is 0.749. The van der Waals surface area contributed by atoms with Crippen molar-refractivity contribution in [2.75, 3.05) is 0 Å². The van der Waals surface area contributed by atoms with Gasteiger partial charge in [-0.2, -0.15) is 18.3 Å². The maximum absolute atomic E-state index is 12.8. The summed E-state index contributed by atoms with van der Waals surface area (Å²) in [6.45, 7) is 6.02. The molecule has 3 unspecified atom stereocenters. The van der Waals surface area contributed by atoms with E-state index in [0.29, 0.717) is 23.1 Å². The molecule has 0 radical (unpaired) electrons. The molecule has 2 aliphatic carbocycles. The molecule has 16 heavy (non-hydrogen) atoms. The summed E-state index contributed by atoms with van der Waals surface area (Å²) >= 11 is 0. The standard InChI is InChI=1S/C11H13F3N2/c1-4-5-6-8(10(2,3)7(4)5)15-16-9(6)11(12,13)14/h4-5,7H,1-3H3,(H,15,16). The quantitative estimate of drug-likeness (QED) is 0.729. The molecule has 0 aromatic carbocycles. The van der Waals surface area contributed by atoms with Gasteiger partial charge in [-0.3, -0.25) is 5.10 Å². The van der Waals surface area contributed by atoms with E-state index in [0.717, 1.165) is 0 Å². The molecule has 0 spiro atoms. The molecular weight excluding hydrogens is 217 g/mol. The zero-order valence-electron chi connectivity index (χ0n) is 9.31. The fourth-order valence-corrected chi connectivity index (χ4v) is 3.56. The molecule has 3 rings (SSSR count). The molecular formula is C11H13F3N2. The fourth-order valence-electron chi connectivity index (χ4n) is 3.56. The van der Waals surface area contributed by atoms with Gasteiger partial charge in [0.1, 0.15) is 0 Å². The number of nitrogens with one attached hydrogen (secondary N) is 1. The lowest BCUT2D eigenvalue weighted by Crippen LogP contribution is -2.19. The van der Waals surface area contributed by atoms with Crippen molar-refractivity contribution in [1.82, 2.24) is 10.2 Å². The predicted molar refractivity (Wildman–Crippen MR) is 52.0 cm³/mol. The Morgan fingerprint density at radius 2 is 1.94 bits per heavy atom. The van der Waals surface area contributed by atoms with Gasteiger partial charge in [0.05, 0.1) is 0 Å². The molecule has 1 saturated carbocycles. The maximum Gasteiger partial charge on any atom is 0.435 e. The lowest BCUT2D eigenvalue weighted by molar-refractivity contribution is -0.141. The summed E-state index contributed by atoms with van der Waals surface area (Å²) < 4.78 is 38.3. The summed E-state index contributed by atoms with van der Waals surface area (Å²) in [6.07, 6.45) is -4.34. The third-order valence-corrected chi connectivity index (χ3v) is 4.26. The van der Waals surface area contributed by atoms with E-state index in [1.165, 1.54) is 0 Å². The van der Waals surface area contributed by atoms with E-state index in [2.05, 4.69) is 10.2 Å². The van der Waals surface area contributed by atoms with Crippen molar-refractivity contribution in [3.8, 4) is 0 Å². The topological polar surface area (TPSA) is 28.7 Å². The Labute approximate surface area is 91.2 Å². The Bertz CT molecular complexity index is 458. The van der Waals surface area contributed by atoms with Crippen molar-refractivity contribution in [2.24, 2.45) is 11.8 Å². The third kappa shape index (κ3) is 0.967. The highest BCUT2D eigenvalue weighted by Gasteiger charge is 2.65. The van der Waals surface area contributed by atoms with E-state index in [-0.39, 0.29) is 11.3 Å². The number of H-pyrrole nitrogens is 1. The number of alkyl halides is 3. The summed E-state index contributed by atoms with van der Waals surface area (Å²) in [7, 11) is 0. The Hall–Kier alpha value is -1.00. The molecule has 1 aromatic rings. The number of fused-ring (bicyclic) bond motifs is 3. The maximum atomic E-state index is 12.8. The van der Waals surface area contributed by atoms with Crippen LogP contribution in [-0.4, -0.2) is 10.2 Å². The highest BCUT2D eigenvalue weighted by atomic mass is 19.4. The Balaban J connectivity index is 2.18. The van der Waals surface area contributed by atoms with Crippen molar-refractivity contribution in [3.05, 3.63) is 17.0 Å². The molecule has 0 amide bonds. The van der Waals surface area contributed by atoms with E-state index in [1.807, 2.05) is 20.8 Å². The van der Waals surface area contributed by atoms with Crippen LogP contribution in [0.1, 0.15) is 43.6 Å². The number of hydrogen-bond donors (Lipinski definition) is 1. The normalized spacial score (nSPS) is 34.8. The number of nitrogens with zero attached hydrogens (tertiary/aromatic N) is 1. The van der Waals surface area contributed by atoms with Gasteiger partial charge in [0.25, 0.3) is 0 Å². The van der Waals surface area contributed by atoms with Crippen LogP contribution in [0.3, 0.4) is 0 Å². The second-order valence-electron chi connectivity index (χ2n) is 5.49. The van der Waals surface area contributed by atoms with E-state index in [1.54, 1.807) is 0 Å². The number of aromatic nitrogens is 2. The van der Waals surface area contributed by atoms with Gasteiger partial charge < -0.3 is 0 Å². The molecule has 1 aromatic heterocycles. The number of rotatable bonds is 0. The molecule has 1 fully saturated rings.